The van der Waals surface area contributed by atoms with Crippen LogP contribution in [-0.2, 0) is 17.1 Å². The van der Waals surface area contributed by atoms with E-state index in [0.29, 0.717) is 27.9 Å². The zero-order valence-electron chi connectivity index (χ0n) is 16.6. The van der Waals surface area contributed by atoms with E-state index in [1.807, 2.05) is 49.4 Å². The molecule has 0 aliphatic heterocycles. The molecule has 0 aliphatic rings. The summed E-state index contributed by atoms with van der Waals surface area (Å²) < 4.78 is 10.5. The van der Waals surface area contributed by atoms with Crippen molar-refractivity contribution in [3.63, 3.8) is 0 Å². The van der Waals surface area contributed by atoms with Crippen molar-refractivity contribution >= 4 is 23.5 Å². The molecule has 7 nitrogen and oxygen atoms in total. The van der Waals surface area contributed by atoms with Crippen molar-refractivity contribution < 1.29 is 14.3 Å². The standard InChI is InChI=1S/C22H20N4O3S/c1-14-3-9-17(10-4-14)29-12-19-18(11-23)20(24)26-22(25-19)30-13-15-5-7-16(8-6-15)21(27)28-2/h3-10H,12-13H2,1-2H3,(H2,24,25,26). The van der Waals surface area contributed by atoms with Crippen LogP contribution in [-0.4, -0.2) is 23.0 Å². The SMILES string of the molecule is COC(=O)c1ccc(CSc2nc(N)c(C#N)c(COc3ccc(C)cc3)n2)cc1. The molecular formula is C22H20N4O3S. The van der Waals surface area contributed by atoms with Gasteiger partial charge in [0, 0.05) is 5.75 Å². The van der Waals surface area contributed by atoms with Gasteiger partial charge in [-0.15, -0.1) is 0 Å². The first-order valence-corrected chi connectivity index (χ1v) is 10.0. The molecule has 2 aromatic carbocycles. The predicted molar refractivity (Wildman–Crippen MR) is 114 cm³/mol. The van der Waals surface area contributed by atoms with Crippen LogP contribution in [0.1, 0.15) is 32.7 Å². The molecule has 0 fully saturated rings. The number of rotatable bonds is 7. The number of methoxy groups -OCH3 is 1. The summed E-state index contributed by atoms with van der Waals surface area (Å²) in [5, 5.41) is 9.86. The van der Waals surface area contributed by atoms with E-state index < -0.39 is 0 Å². The molecule has 1 heterocycles. The van der Waals surface area contributed by atoms with Crippen LogP contribution in [0, 0.1) is 18.3 Å². The van der Waals surface area contributed by atoms with Gasteiger partial charge in [0.15, 0.2) is 5.16 Å². The number of thioether (sulfide) groups is 1. The number of nitriles is 1. The maximum Gasteiger partial charge on any atom is 0.337 e. The molecule has 0 bridgehead atoms. The summed E-state index contributed by atoms with van der Waals surface area (Å²) in [5.41, 5.74) is 9.22. The Morgan fingerprint density at radius 3 is 2.47 bits per heavy atom. The third-order valence-corrected chi connectivity index (χ3v) is 5.16. The van der Waals surface area contributed by atoms with Gasteiger partial charge in [-0.05, 0) is 36.8 Å². The van der Waals surface area contributed by atoms with E-state index in [1.54, 1.807) is 12.1 Å². The molecule has 0 aliphatic carbocycles. The van der Waals surface area contributed by atoms with Crippen molar-refractivity contribution in [1.29, 1.82) is 5.26 Å². The molecule has 0 spiro atoms. The van der Waals surface area contributed by atoms with E-state index in [4.69, 9.17) is 15.2 Å². The van der Waals surface area contributed by atoms with Gasteiger partial charge < -0.3 is 15.2 Å². The number of hydrogen-bond acceptors (Lipinski definition) is 8. The van der Waals surface area contributed by atoms with Crippen molar-refractivity contribution in [1.82, 2.24) is 9.97 Å². The lowest BCUT2D eigenvalue weighted by Crippen LogP contribution is -2.08. The van der Waals surface area contributed by atoms with Crippen molar-refractivity contribution in [3.05, 3.63) is 76.5 Å². The molecule has 30 heavy (non-hydrogen) atoms. The second kappa shape index (κ2) is 9.76. The number of nitrogens with two attached hydrogens (primary N) is 1. The van der Waals surface area contributed by atoms with Crippen LogP contribution in [0.4, 0.5) is 5.82 Å². The first-order valence-electron chi connectivity index (χ1n) is 9.06. The summed E-state index contributed by atoms with van der Waals surface area (Å²) in [6.07, 6.45) is 0. The van der Waals surface area contributed by atoms with Gasteiger partial charge in [-0.2, -0.15) is 5.26 Å². The molecule has 1 aromatic heterocycles. The highest BCUT2D eigenvalue weighted by molar-refractivity contribution is 7.98. The lowest BCUT2D eigenvalue weighted by Gasteiger charge is -2.10. The Morgan fingerprint density at radius 2 is 1.83 bits per heavy atom. The van der Waals surface area contributed by atoms with Crippen LogP contribution in [0.5, 0.6) is 5.75 Å². The van der Waals surface area contributed by atoms with Crippen molar-refractivity contribution in [2.75, 3.05) is 12.8 Å². The molecule has 0 atom stereocenters. The van der Waals surface area contributed by atoms with E-state index in [1.165, 1.54) is 18.9 Å². The summed E-state index contributed by atoms with van der Waals surface area (Å²) in [4.78, 5) is 20.2. The van der Waals surface area contributed by atoms with Gasteiger partial charge in [-0.1, -0.05) is 41.6 Å². The van der Waals surface area contributed by atoms with Crippen LogP contribution in [0.15, 0.2) is 53.7 Å². The number of nitrogens with zero attached hydrogens (tertiary/aromatic N) is 3. The Balaban J connectivity index is 1.71. The molecule has 152 valence electrons. The lowest BCUT2D eigenvalue weighted by molar-refractivity contribution is 0.0600. The van der Waals surface area contributed by atoms with E-state index in [9.17, 15) is 10.1 Å². The van der Waals surface area contributed by atoms with Gasteiger partial charge >= 0.3 is 5.97 Å². The lowest BCUT2D eigenvalue weighted by atomic mass is 10.1. The van der Waals surface area contributed by atoms with E-state index in [0.717, 1.165) is 11.1 Å². The number of benzene rings is 2. The average molecular weight is 420 g/mol. The zero-order chi connectivity index (χ0) is 21.5. The van der Waals surface area contributed by atoms with Crippen LogP contribution in [0.2, 0.25) is 0 Å². The minimum absolute atomic E-state index is 0.111. The summed E-state index contributed by atoms with van der Waals surface area (Å²) in [6.45, 7) is 2.11. The van der Waals surface area contributed by atoms with E-state index in [2.05, 4.69) is 9.97 Å². The van der Waals surface area contributed by atoms with Crippen molar-refractivity contribution in [3.8, 4) is 11.8 Å². The van der Waals surface area contributed by atoms with Crippen LogP contribution < -0.4 is 10.5 Å². The summed E-state index contributed by atoms with van der Waals surface area (Å²) in [5.74, 6) is 1.00. The molecule has 0 saturated carbocycles. The van der Waals surface area contributed by atoms with E-state index in [-0.39, 0.29) is 24.0 Å². The number of ether oxygens (including phenoxy) is 2. The Hall–Kier alpha value is -3.57. The van der Waals surface area contributed by atoms with Crippen LogP contribution in [0.25, 0.3) is 0 Å². The van der Waals surface area contributed by atoms with Crippen molar-refractivity contribution in [2.45, 2.75) is 24.4 Å². The van der Waals surface area contributed by atoms with Gasteiger partial charge in [0.2, 0.25) is 0 Å². The highest BCUT2D eigenvalue weighted by Gasteiger charge is 2.14. The fraction of sp³-hybridized carbons (Fsp3) is 0.182. The normalized spacial score (nSPS) is 10.3. The molecule has 0 unspecified atom stereocenters. The summed E-state index contributed by atoms with van der Waals surface area (Å²) >= 11 is 1.38. The summed E-state index contributed by atoms with van der Waals surface area (Å²) in [7, 11) is 1.35. The predicted octanol–water partition coefficient (Wildman–Crippen LogP) is 3.90. The Kier molecular flexibility index (Phi) is 6.88. The molecule has 0 saturated heterocycles. The van der Waals surface area contributed by atoms with Crippen molar-refractivity contribution in [2.24, 2.45) is 0 Å². The molecule has 2 N–H and O–H groups in total. The Bertz CT molecular complexity index is 1080. The Morgan fingerprint density at radius 1 is 1.13 bits per heavy atom. The number of hydrogen-bond donors (Lipinski definition) is 1. The van der Waals surface area contributed by atoms with Gasteiger partial charge in [0.25, 0.3) is 0 Å². The topological polar surface area (TPSA) is 111 Å². The summed E-state index contributed by atoms with van der Waals surface area (Å²) in [6, 6.07) is 16.8. The number of carbonyl (C=O) groups excluding carboxylic acids is 1. The van der Waals surface area contributed by atoms with E-state index >= 15 is 0 Å². The fourth-order valence-electron chi connectivity index (χ4n) is 2.58. The molecule has 3 aromatic rings. The number of nitrogen functional groups attached to an aromatic ring is 1. The molecular weight excluding hydrogens is 400 g/mol. The second-order valence-corrected chi connectivity index (χ2v) is 7.35. The highest BCUT2D eigenvalue weighted by Crippen LogP contribution is 2.24. The minimum atomic E-state index is -0.379. The molecule has 3 rings (SSSR count). The molecule has 0 amide bonds. The van der Waals surface area contributed by atoms with Gasteiger partial charge in [0.1, 0.15) is 35.5 Å². The van der Waals surface area contributed by atoms with Gasteiger partial charge in [0.05, 0.1) is 12.7 Å². The highest BCUT2D eigenvalue weighted by atomic mass is 32.2. The first kappa shape index (κ1) is 21.1. The van der Waals surface area contributed by atoms with Crippen LogP contribution in [0.3, 0.4) is 0 Å². The number of anilines is 1. The second-order valence-electron chi connectivity index (χ2n) is 6.40. The quantitative estimate of drug-likeness (QED) is 0.348. The fourth-order valence-corrected chi connectivity index (χ4v) is 3.41. The maximum atomic E-state index is 11.5. The minimum Gasteiger partial charge on any atom is -0.487 e. The maximum absolute atomic E-state index is 11.5. The Labute approximate surface area is 178 Å². The van der Waals surface area contributed by atoms with Gasteiger partial charge in [-0.25, -0.2) is 14.8 Å². The zero-order valence-corrected chi connectivity index (χ0v) is 17.4. The largest absolute Gasteiger partial charge is 0.487 e. The third kappa shape index (κ3) is 5.27. The van der Waals surface area contributed by atoms with Gasteiger partial charge in [-0.3, -0.25) is 0 Å². The smallest absolute Gasteiger partial charge is 0.337 e. The number of aromatic nitrogens is 2. The average Bonchev–Trinajstić information content (AvgIpc) is 2.77. The van der Waals surface area contributed by atoms with Crippen LogP contribution >= 0.6 is 11.8 Å². The first-order chi connectivity index (χ1) is 14.5. The third-order valence-electron chi connectivity index (χ3n) is 4.24. The molecule has 8 heteroatoms. The molecule has 0 radical (unpaired) electrons. The number of carbonyl (C=O) groups is 1. The number of esters is 1. The monoisotopic (exact) mass is 420 g/mol. The number of aryl methyl sites for hydroxylation is 1.